The van der Waals surface area contributed by atoms with Gasteiger partial charge in [0.2, 0.25) is 0 Å². The second-order valence-electron chi connectivity index (χ2n) is 4.55. The van der Waals surface area contributed by atoms with Crippen LogP contribution in [0.2, 0.25) is 0 Å². The summed E-state index contributed by atoms with van der Waals surface area (Å²) < 4.78 is 5.49. The van der Waals surface area contributed by atoms with Crippen LogP contribution in [-0.4, -0.2) is 12.1 Å². The molecule has 0 fully saturated rings. The highest BCUT2D eigenvalue weighted by molar-refractivity contribution is 7.07. The summed E-state index contributed by atoms with van der Waals surface area (Å²) in [6.45, 7) is 1.54. The molecule has 102 valence electrons. The monoisotopic (exact) mass is 284 g/mol. The summed E-state index contributed by atoms with van der Waals surface area (Å²) in [5, 5.41) is 7.97. The maximum Gasteiger partial charge on any atom is 0.123 e. The molecule has 1 heterocycles. The van der Waals surface area contributed by atoms with Crippen LogP contribution >= 0.6 is 11.3 Å². The van der Waals surface area contributed by atoms with Gasteiger partial charge in [-0.3, -0.25) is 0 Å². The number of nitrogens with zero attached hydrogens (tertiary/aromatic N) is 1. The van der Waals surface area contributed by atoms with Crippen LogP contribution in [0.3, 0.4) is 0 Å². The van der Waals surface area contributed by atoms with Gasteiger partial charge in [-0.05, 0) is 16.8 Å². The standard InChI is InChI=1S/C16H16N2OS/c1-19-16-7-6-12-4-2-3-5-14(12)15(16)9-17-8-13-10-20-11-18-13/h2-7,10-11,17H,8-9H2,1H3. The van der Waals surface area contributed by atoms with Gasteiger partial charge in [0, 0.05) is 24.0 Å². The van der Waals surface area contributed by atoms with Crippen molar-refractivity contribution in [2.24, 2.45) is 0 Å². The van der Waals surface area contributed by atoms with E-state index in [2.05, 4.69) is 46.0 Å². The normalized spacial score (nSPS) is 10.8. The van der Waals surface area contributed by atoms with E-state index in [1.807, 2.05) is 11.6 Å². The van der Waals surface area contributed by atoms with Crippen LogP contribution in [0.15, 0.2) is 47.3 Å². The van der Waals surface area contributed by atoms with E-state index in [0.29, 0.717) is 0 Å². The zero-order valence-electron chi connectivity index (χ0n) is 11.3. The molecule has 0 aliphatic rings. The van der Waals surface area contributed by atoms with Crippen LogP contribution in [0.1, 0.15) is 11.3 Å². The number of hydrogen-bond donors (Lipinski definition) is 1. The topological polar surface area (TPSA) is 34.1 Å². The van der Waals surface area contributed by atoms with E-state index < -0.39 is 0 Å². The fraction of sp³-hybridized carbons (Fsp3) is 0.188. The summed E-state index contributed by atoms with van der Waals surface area (Å²) in [5.41, 5.74) is 4.13. The molecule has 0 aliphatic carbocycles. The SMILES string of the molecule is COc1ccc2ccccc2c1CNCc1cscn1. The highest BCUT2D eigenvalue weighted by atomic mass is 32.1. The highest BCUT2D eigenvalue weighted by Crippen LogP contribution is 2.27. The summed E-state index contributed by atoms with van der Waals surface area (Å²) in [7, 11) is 1.72. The molecule has 0 radical (unpaired) electrons. The minimum atomic E-state index is 0.766. The van der Waals surface area contributed by atoms with Gasteiger partial charge in [0.05, 0.1) is 18.3 Å². The second-order valence-corrected chi connectivity index (χ2v) is 5.27. The fourth-order valence-electron chi connectivity index (χ4n) is 2.33. The fourth-order valence-corrected chi connectivity index (χ4v) is 2.89. The molecule has 0 saturated carbocycles. The first kappa shape index (κ1) is 13.1. The number of nitrogens with one attached hydrogen (secondary N) is 1. The first-order chi connectivity index (χ1) is 9.88. The van der Waals surface area contributed by atoms with Gasteiger partial charge in [-0.1, -0.05) is 30.3 Å². The molecular formula is C16H16N2OS. The van der Waals surface area contributed by atoms with Gasteiger partial charge in [-0.2, -0.15) is 0 Å². The van der Waals surface area contributed by atoms with E-state index in [0.717, 1.165) is 24.5 Å². The molecule has 3 rings (SSSR count). The molecule has 0 bridgehead atoms. The van der Waals surface area contributed by atoms with E-state index >= 15 is 0 Å². The number of hydrogen-bond acceptors (Lipinski definition) is 4. The Morgan fingerprint density at radius 1 is 1.15 bits per heavy atom. The Morgan fingerprint density at radius 2 is 2.05 bits per heavy atom. The number of methoxy groups -OCH3 is 1. The van der Waals surface area contributed by atoms with Crippen molar-refractivity contribution in [2.75, 3.05) is 7.11 Å². The summed E-state index contributed by atoms with van der Waals surface area (Å²) in [6.07, 6.45) is 0. The van der Waals surface area contributed by atoms with Gasteiger partial charge in [0.1, 0.15) is 5.75 Å². The summed E-state index contributed by atoms with van der Waals surface area (Å²) in [5.74, 6) is 0.925. The third kappa shape index (κ3) is 2.66. The smallest absolute Gasteiger partial charge is 0.123 e. The maximum absolute atomic E-state index is 5.49. The number of benzene rings is 2. The molecule has 3 aromatic rings. The number of rotatable bonds is 5. The van der Waals surface area contributed by atoms with Crippen LogP contribution < -0.4 is 10.1 Å². The predicted molar refractivity (Wildman–Crippen MR) is 83.2 cm³/mol. The summed E-state index contributed by atoms with van der Waals surface area (Å²) in [6, 6.07) is 12.5. The summed E-state index contributed by atoms with van der Waals surface area (Å²) >= 11 is 1.62. The zero-order valence-corrected chi connectivity index (χ0v) is 12.1. The number of thiazole rings is 1. The number of ether oxygens (including phenoxy) is 1. The van der Waals surface area contributed by atoms with Crippen molar-refractivity contribution >= 4 is 22.1 Å². The van der Waals surface area contributed by atoms with Crippen molar-refractivity contribution in [2.45, 2.75) is 13.1 Å². The van der Waals surface area contributed by atoms with E-state index in [4.69, 9.17) is 4.74 Å². The van der Waals surface area contributed by atoms with Crippen LogP contribution in [0.4, 0.5) is 0 Å². The maximum atomic E-state index is 5.49. The van der Waals surface area contributed by atoms with Crippen LogP contribution in [0.5, 0.6) is 5.75 Å². The van der Waals surface area contributed by atoms with Crippen LogP contribution in [0, 0.1) is 0 Å². The lowest BCUT2D eigenvalue weighted by Gasteiger charge is -2.12. The van der Waals surface area contributed by atoms with Crippen molar-refractivity contribution in [3.8, 4) is 5.75 Å². The molecule has 0 unspecified atom stereocenters. The molecule has 0 amide bonds. The van der Waals surface area contributed by atoms with E-state index in [1.165, 1.54) is 16.3 Å². The Morgan fingerprint density at radius 3 is 2.85 bits per heavy atom. The van der Waals surface area contributed by atoms with E-state index in [1.54, 1.807) is 18.4 Å². The first-order valence-electron chi connectivity index (χ1n) is 6.51. The largest absolute Gasteiger partial charge is 0.496 e. The zero-order chi connectivity index (χ0) is 13.8. The molecule has 2 aromatic carbocycles. The predicted octanol–water partition coefficient (Wildman–Crippen LogP) is 3.59. The van der Waals surface area contributed by atoms with E-state index in [9.17, 15) is 0 Å². The Labute approximate surface area is 122 Å². The molecule has 20 heavy (non-hydrogen) atoms. The van der Waals surface area contributed by atoms with Gasteiger partial charge in [0.25, 0.3) is 0 Å². The minimum Gasteiger partial charge on any atom is -0.496 e. The molecule has 3 nitrogen and oxygen atoms in total. The van der Waals surface area contributed by atoms with Gasteiger partial charge in [0.15, 0.2) is 0 Å². The molecule has 0 atom stereocenters. The summed E-state index contributed by atoms with van der Waals surface area (Å²) in [4.78, 5) is 4.28. The second kappa shape index (κ2) is 6.03. The first-order valence-corrected chi connectivity index (χ1v) is 7.45. The van der Waals surface area contributed by atoms with Gasteiger partial charge < -0.3 is 10.1 Å². The molecular weight excluding hydrogens is 268 g/mol. The third-order valence-corrected chi connectivity index (χ3v) is 3.94. The van der Waals surface area contributed by atoms with Crippen LogP contribution in [0.25, 0.3) is 10.8 Å². The molecule has 0 aliphatic heterocycles. The van der Waals surface area contributed by atoms with Crippen molar-refractivity contribution < 1.29 is 4.74 Å². The Kier molecular flexibility index (Phi) is 3.95. The number of fused-ring (bicyclic) bond motifs is 1. The molecule has 1 N–H and O–H groups in total. The minimum absolute atomic E-state index is 0.766. The molecule has 0 saturated heterocycles. The lowest BCUT2D eigenvalue weighted by atomic mass is 10.0. The molecule has 4 heteroatoms. The molecule has 0 spiro atoms. The Bertz CT molecular complexity index is 695. The lowest BCUT2D eigenvalue weighted by Crippen LogP contribution is -2.14. The van der Waals surface area contributed by atoms with Crippen molar-refractivity contribution in [1.82, 2.24) is 10.3 Å². The Balaban J connectivity index is 1.85. The molecule has 1 aromatic heterocycles. The average molecular weight is 284 g/mol. The average Bonchev–Trinajstić information content (AvgIpc) is 3.00. The highest BCUT2D eigenvalue weighted by Gasteiger charge is 2.07. The Hall–Kier alpha value is -1.91. The van der Waals surface area contributed by atoms with Crippen molar-refractivity contribution in [1.29, 1.82) is 0 Å². The van der Waals surface area contributed by atoms with E-state index in [-0.39, 0.29) is 0 Å². The van der Waals surface area contributed by atoms with Crippen molar-refractivity contribution in [3.05, 3.63) is 58.5 Å². The van der Waals surface area contributed by atoms with Crippen molar-refractivity contribution in [3.63, 3.8) is 0 Å². The van der Waals surface area contributed by atoms with Gasteiger partial charge in [-0.25, -0.2) is 4.98 Å². The quantitative estimate of drug-likeness (QED) is 0.777. The third-order valence-electron chi connectivity index (χ3n) is 3.31. The van der Waals surface area contributed by atoms with Gasteiger partial charge >= 0.3 is 0 Å². The lowest BCUT2D eigenvalue weighted by molar-refractivity contribution is 0.408. The number of aromatic nitrogens is 1. The van der Waals surface area contributed by atoms with Crippen LogP contribution in [-0.2, 0) is 13.1 Å². The van der Waals surface area contributed by atoms with Gasteiger partial charge in [-0.15, -0.1) is 11.3 Å².